The molecule has 94 valence electrons. The smallest absolute Gasteiger partial charge is 0.253 e. The molecule has 5 heteroatoms. The average Bonchev–Trinajstić information content (AvgIpc) is 2.31. The van der Waals surface area contributed by atoms with Crippen LogP contribution in [0.25, 0.3) is 0 Å². The number of alkyl halides is 1. The number of carbonyl (C=O) groups is 1. The van der Waals surface area contributed by atoms with Crippen LogP contribution in [0.3, 0.4) is 0 Å². The van der Waals surface area contributed by atoms with E-state index < -0.39 is 0 Å². The van der Waals surface area contributed by atoms with E-state index in [1.165, 1.54) is 0 Å². The van der Waals surface area contributed by atoms with Crippen molar-refractivity contribution >= 4 is 40.7 Å². The molecular weight excluding hydrogens is 280 g/mol. The molecule has 1 amide bonds. The highest BCUT2D eigenvalue weighted by atomic mass is 35.5. The van der Waals surface area contributed by atoms with Gasteiger partial charge in [-0.15, -0.1) is 11.6 Å². The van der Waals surface area contributed by atoms with Gasteiger partial charge in [0.15, 0.2) is 0 Å². The monoisotopic (exact) mass is 293 g/mol. The van der Waals surface area contributed by atoms with Gasteiger partial charge in [-0.1, -0.05) is 30.1 Å². The summed E-state index contributed by atoms with van der Waals surface area (Å²) >= 11 is 17.4. The second kappa shape index (κ2) is 7.10. The molecule has 0 radical (unpaired) electrons. The Morgan fingerprint density at radius 2 is 1.94 bits per heavy atom. The van der Waals surface area contributed by atoms with E-state index in [1.54, 1.807) is 23.1 Å². The van der Waals surface area contributed by atoms with Crippen molar-refractivity contribution in [1.82, 2.24) is 4.90 Å². The van der Waals surface area contributed by atoms with Gasteiger partial charge in [-0.2, -0.15) is 0 Å². The van der Waals surface area contributed by atoms with Gasteiger partial charge >= 0.3 is 0 Å². The quantitative estimate of drug-likeness (QED) is 0.749. The van der Waals surface area contributed by atoms with Crippen LogP contribution in [0.2, 0.25) is 10.0 Å². The molecule has 0 bridgehead atoms. The summed E-state index contributed by atoms with van der Waals surface area (Å²) in [6.07, 6.45) is 0.893. The van der Waals surface area contributed by atoms with Crippen LogP contribution in [0.15, 0.2) is 18.2 Å². The maximum absolute atomic E-state index is 12.2. The van der Waals surface area contributed by atoms with Gasteiger partial charge in [-0.25, -0.2) is 0 Å². The van der Waals surface area contributed by atoms with Crippen LogP contribution < -0.4 is 0 Å². The molecule has 0 heterocycles. The maximum atomic E-state index is 12.2. The molecule has 0 unspecified atom stereocenters. The molecule has 0 fully saturated rings. The molecule has 0 saturated carbocycles. The molecular formula is C12H14Cl3NO. The van der Waals surface area contributed by atoms with Crippen LogP contribution in [0.4, 0.5) is 0 Å². The van der Waals surface area contributed by atoms with E-state index in [0.717, 1.165) is 6.42 Å². The zero-order valence-electron chi connectivity index (χ0n) is 9.55. The minimum absolute atomic E-state index is 0.0638. The Morgan fingerprint density at radius 1 is 1.24 bits per heavy atom. The summed E-state index contributed by atoms with van der Waals surface area (Å²) in [6, 6.07) is 4.89. The first-order valence-electron chi connectivity index (χ1n) is 5.40. The van der Waals surface area contributed by atoms with E-state index in [2.05, 4.69) is 0 Å². The highest BCUT2D eigenvalue weighted by Crippen LogP contribution is 2.23. The zero-order valence-corrected chi connectivity index (χ0v) is 11.8. The molecule has 0 N–H and O–H groups in total. The third-order valence-electron chi connectivity index (χ3n) is 2.30. The van der Waals surface area contributed by atoms with Gasteiger partial charge < -0.3 is 4.90 Å². The summed E-state index contributed by atoms with van der Waals surface area (Å²) in [7, 11) is 0. The first-order valence-corrected chi connectivity index (χ1v) is 6.69. The van der Waals surface area contributed by atoms with Crippen molar-refractivity contribution in [2.24, 2.45) is 0 Å². The second-order valence-corrected chi connectivity index (χ2v) is 4.80. The fourth-order valence-corrected chi connectivity index (χ4v) is 2.00. The van der Waals surface area contributed by atoms with Crippen LogP contribution in [-0.2, 0) is 0 Å². The van der Waals surface area contributed by atoms with Gasteiger partial charge in [-0.05, 0) is 24.6 Å². The molecule has 0 aliphatic rings. The number of benzene rings is 1. The zero-order chi connectivity index (χ0) is 12.8. The lowest BCUT2D eigenvalue weighted by molar-refractivity contribution is 0.0765. The maximum Gasteiger partial charge on any atom is 0.253 e. The minimum atomic E-state index is -0.0638. The Hall–Kier alpha value is -0.440. The summed E-state index contributed by atoms with van der Waals surface area (Å²) in [5.74, 6) is 0.360. The number of amides is 1. The van der Waals surface area contributed by atoms with Crippen molar-refractivity contribution in [3.63, 3.8) is 0 Å². The third kappa shape index (κ3) is 4.06. The first kappa shape index (κ1) is 14.6. The summed E-state index contributed by atoms with van der Waals surface area (Å²) in [6.45, 7) is 3.24. The molecule has 1 rings (SSSR count). The van der Waals surface area contributed by atoms with E-state index in [-0.39, 0.29) is 5.91 Å². The van der Waals surface area contributed by atoms with Gasteiger partial charge in [0.2, 0.25) is 0 Å². The van der Waals surface area contributed by atoms with Crippen LogP contribution in [-0.4, -0.2) is 29.8 Å². The largest absolute Gasteiger partial charge is 0.337 e. The van der Waals surface area contributed by atoms with E-state index in [0.29, 0.717) is 34.6 Å². The SMILES string of the molecule is CCCN(CCCl)C(=O)c1ccc(Cl)c(Cl)c1. The fraction of sp³-hybridized carbons (Fsp3) is 0.417. The molecule has 0 spiro atoms. The lowest BCUT2D eigenvalue weighted by atomic mass is 10.2. The van der Waals surface area contributed by atoms with Crippen LogP contribution in [0.5, 0.6) is 0 Å². The molecule has 0 aliphatic heterocycles. The van der Waals surface area contributed by atoms with E-state index in [4.69, 9.17) is 34.8 Å². The number of nitrogens with zero attached hydrogens (tertiary/aromatic N) is 1. The van der Waals surface area contributed by atoms with Crippen molar-refractivity contribution in [2.75, 3.05) is 19.0 Å². The van der Waals surface area contributed by atoms with E-state index in [9.17, 15) is 4.79 Å². The van der Waals surface area contributed by atoms with Gasteiger partial charge in [0, 0.05) is 24.5 Å². The van der Waals surface area contributed by atoms with Crippen molar-refractivity contribution in [2.45, 2.75) is 13.3 Å². The summed E-state index contributed by atoms with van der Waals surface area (Å²) in [5, 5.41) is 0.836. The number of hydrogen-bond donors (Lipinski definition) is 0. The average molecular weight is 295 g/mol. The molecule has 17 heavy (non-hydrogen) atoms. The summed E-state index contributed by atoms with van der Waals surface area (Å²) < 4.78 is 0. The summed E-state index contributed by atoms with van der Waals surface area (Å²) in [4.78, 5) is 13.9. The van der Waals surface area contributed by atoms with Crippen LogP contribution >= 0.6 is 34.8 Å². The predicted molar refractivity (Wildman–Crippen MR) is 73.4 cm³/mol. The predicted octanol–water partition coefficient (Wildman–Crippen LogP) is 4.08. The number of halogens is 3. The van der Waals surface area contributed by atoms with Crippen molar-refractivity contribution in [1.29, 1.82) is 0 Å². The Kier molecular flexibility index (Phi) is 6.10. The van der Waals surface area contributed by atoms with Crippen molar-refractivity contribution in [3.05, 3.63) is 33.8 Å². The van der Waals surface area contributed by atoms with Gasteiger partial charge in [0.25, 0.3) is 5.91 Å². The lowest BCUT2D eigenvalue weighted by Crippen LogP contribution is -2.33. The molecule has 0 atom stereocenters. The Bertz CT molecular complexity index is 389. The van der Waals surface area contributed by atoms with Gasteiger partial charge in [-0.3, -0.25) is 4.79 Å². The first-order chi connectivity index (χ1) is 8.10. The topological polar surface area (TPSA) is 20.3 Å². The molecule has 2 nitrogen and oxygen atoms in total. The number of rotatable bonds is 5. The fourth-order valence-electron chi connectivity index (χ4n) is 1.50. The Labute approximate surface area is 116 Å². The molecule has 0 aliphatic carbocycles. The highest BCUT2D eigenvalue weighted by molar-refractivity contribution is 6.42. The van der Waals surface area contributed by atoms with Crippen LogP contribution in [0.1, 0.15) is 23.7 Å². The standard InChI is InChI=1S/C12H14Cl3NO/c1-2-6-16(7-5-13)12(17)9-3-4-10(14)11(15)8-9/h3-4,8H,2,5-7H2,1H3. The Morgan fingerprint density at radius 3 is 2.47 bits per heavy atom. The van der Waals surface area contributed by atoms with E-state index >= 15 is 0 Å². The summed E-state index contributed by atoms with van der Waals surface area (Å²) in [5.41, 5.74) is 0.540. The van der Waals surface area contributed by atoms with Gasteiger partial charge in [0.05, 0.1) is 10.0 Å². The minimum Gasteiger partial charge on any atom is -0.337 e. The number of carbonyl (C=O) groups excluding carboxylic acids is 1. The van der Waals surface area contributed by atoms with Gasteiger partial charge in [0.1, 0.15) is 0 Å². The van der Waals surface area contributed by atoms with E-state index in [1.807, 2.05) is 6.92 Å². The second-order valence-electron chi connectivity index (χ2n) is 3.61. The third-order valence-corrected chi connectivity index (χ3v) is 3.21. The molecule has 1 aromatic rings. The molecule has 1 aromatic carbocycles. The number of hydrogen-bond acceptors (Lipinski definition) is 1. The normalized spacial score (nSPS) is 10.4. The van der Waals surface area contributed by atoms with Crippen molar-refractivity contribution < 1.29 is 4.79 Å². The lowest BCUT2D eigenvalue weighted by Gasteiger charge is -2.21. The highest BCUT2D eigenvalue weighted by Gasteiger charge is 2.15. The Balaban J connectivity index is 2.88. The molecule has 0 saturated heterocycles. The molecule has 0 aromatic heterocycles. The van der Waals surface area contributed by atoms with Crippen molar-refractivity contribution in [3.8, 4) is 0 Å². The van der Waals surface area contributed by atoms with Crippen LogP contribution in [0, 0.1) is 0 Å².